The van der Waals surface area contributed by atoms with Gasteiger partial charge in [0, 0.05) is 0 Å². The van der Waals surface area contributed by atoms with E-state index in [0.717, 1.165) is 6.42 Å². The minimum atomic E-state index is -0.151. The lowest BCUT2D eigenvalue weighted by Crippen LogP contribution is -2.07. The van der Waals surface area contributed by atoms with Crippen LogP contribution in [0.1, 0.15) is 78.6 Å². The van der Waals surface area contributed by atoms with Crippen molar-refractivity contribution in [2.24, 2.45) is 5.92 Å². The lowest BCUT2D eigenvalue weighted by atomic mass is 10.1. The molecule has 0 aliphatic carbocycles. The van der Waals surface area contributed by atoms with Crippen LogP contribution in [-0.4, -0.2) is 5.97 Å². The molecule has 0 heterocycles. The van der Waals surface area contributed by atoms with Gasteiger partial charge in [0.15, 0.2) is 0 Å². The second-order valence-corrected chi connectivity index (χ2v) is 5.23. The molecule has 2 heteroatoms. The lowest BCUT2D eigenvalue weighted by molar-refractivity contribution is -0.141. The van der Waals surface area contributed by atoms with Gasteiger partial charge in [-0.15, -0.1) is 0 Å². The number of hydrogen-bond acceptors (Lipinski definition) is 2. The Morgan fingerprint density at radius 1 is 1.00 bits per heavy atom. The minimum Gasteiger partial charge on any atom is -0.435 e. The number of carbonyl (C=O) groups excluding carboxylic acids is 1. The summed E-state index contributed by atoms with van der Waals surface area (Å²) in [6, 6.07) is 0. The van der Waals surface area contributed by atoms with Gasteiger partial charge in [-0.3, -0.25) is 4.79 Å². The molecule has 0 spiro atoms. The first-order valence-corrected chi connectivity index (χ1v) is 7.54. The molecule has 0 atom stereocenters. The van der Waals surface area contributed by atoms with Gasteiger partial charge in [0.1, 0.15) is 0 Å². The third-order valence-electron chi connectivity index (χ3n) is 2.98. The van der Waals surface area contributed by atoms with E-state index in [1.807, 2.05) is 19.9 Å². The highest BCUT2D eigenvalue weighted by molar-refractivity contribution is 5.72. The summed E-state index contributed by atoms with van der Waals surface area (Å²) in [6.07, 6.45) is 15.2. The van der Waals surface area contributed by atoms with Crippen molar-refractivity contribution >= 4 is 5.97 Å². The number of hydrogen-bond donors (Lipinski definition) is 0. The van der Waals surface area contributed by atoms with Gasteiger partial charge in [0.25, 0.3) is 0 Å². The van der Waals surface area contributed by atoms with E-state index in [-0.39, 0.29) is 11.9 Å². The monoisotopic (exact) mass is 254 g/mol. The summed E-state index contributed by atoms with van der Waals surface area (Å²) in [5, 5.41) is 0. The van der Waals surface area contributed by atoms with Crippen LogP contribution in [0.3, 0.4) is 0 Å². The largest absolute Gasteiger partial charge is 0.435 e. The zero-order valence-corrected chi connectivity index (χ0v) is 12.4. The van der Waals surface area contributed by atoms with E-state index in [1.54, 1.807) is 6.26 Å². The van der Waals surface area contributed by atoms with Crippen molar-refractivity contribution in [3.8, 4) is 0 Å². The highest BCUT2D eigenvalue weighted by Crippen LogP contribution is 2.09. The SMILES string of the molecule is CCCCCCCCCCC=COC(=O)C(C)C. The van der Waals surface area contributed by atoms with Gasteiger partial charge in [0.05, 0.1) is 12.2 Å². The molecule has 0 aliphatic rings. The third-order valence-corrected chi connectivity index (χ3v) is 2.98. The van der Waals surface area contributed by atoms with Crippen LogP contribution in [0.4, 0.5) is 0 Å². The van der Waals surface area contributed by atoms with Gasteiger partial charge in [-0.05, 0) is 18.9 Å². The molecule has 0 bridgehead atoms. The van der Waals surface area contributed by atoms with E-state index in [4.69, 9.17) is 4.74 Å². The van der Waals surface area contributed by atoms with E-state index in [2.05, 4.69) is 6.92 Å². The van der Waals surface area contributed by atoms with Gasteiger partial charge in [0.2, 0.25) is 0 Å². The standard InChI is InChI=1S/C16H30O2/c1-4-5-6-7-8-9-10-11-12-13-14-18-16(17)15(2)3/h13-15H,4-12H2,1-3H3. The van der Waals surface area contributed by atoms with Crippen LogP contribution in [0, 0.1) is 5.92 Å². The average molecular weight is 254 g/mol. The molecule has 0 saturated heterocycles. The minimum absolute atomic E-state index is 0.0437. The first-order chi connectivity index (χ1) is 8.68. The van der Waals surface area contributed by atoms with Crippen LogP contribution < -0.4 is 0 Å². The van der Waals surface area contributed by atoms with Crippen LogP contribution in [-0.2, 0) is 9.53 Å². The number of rotatable bonds is 11. The zero-order valence-electron chi connectivity index (χ0n) is 12.4. The molecule has 0 rings (SSSR count). The van der Waals surface area contributed by atoms with Crippen LogP contribution in [0.2, 0.25) is 0 Å². The maximum absolute atomic E-state index is 11.1. The van der Waals surface area contributed by atoms with Crippen molar-refractivity contribution in [1.29, 1.82) is 0 Å². The number of allylic oxidation sites excluding steroid dienone is 1. The summed E-state index contributed by atoms with van der Waals surface area (Å²) in [5.74, 6) is -0.194. The Morgan fingerprint density at radius 3 is 2.11 bits per heavy atom. The van der Waals surface area contributed by atoms with Crippen LogP contribution in [0.25, 0.3) is 0 Å². The van der Waals surface area contributed by atoms with Crippen molar-refractivity contribution in [2.75, 3.05) is 0 Å². The van der Waals surface area contributed by atoms with E-state index >= 15 is 0 Å². The molecule has 0 unspecified atom stereocenters. The summed E-state index contributed by atoms with van der Waals surface area (Å²) in [6.45, 7) is 5.93. The quantitative estimate of drug-likeness (QED) is 0.287. The van der Waals surface area contributed by atoms with Gasteiger partial charge in [-0.2, -0.15) is 0 Å². The Bertz CT molecular complexity index is 219. The predicted octanol–water partition coefficient (Wildman–Crippen LogP) is 5.23. The maximum atomic E-state index is 11.1. The molecule has 0 saturated carbocycles. The molecule has 106 valence electrons. The number of carbonyl (C=O) groups is 1. The summed E-state index contributed by atoms with van der Waals surface area (Å²) in [7, 11) is 0. The van der Waals surface area contributed by atoms with Crippen molar-refractivity contribution in [3.63, 3.8) is 0 Å². The van der Waals surface area contributed by atoms with Gasteiger partial charge < -0.3 is 4.74 Å². The van der Waals surface area contributed by atoms with E-state index < -0.39 is 0 Å². The Balaban J connectivity index is 3.20. The Hall–Kier alpha value is -0.790. The van der Waals surface area contributed by atoms with Crippen LogP contribution >= 0.6 is 0 Å². The molecule has 18 heavy (non-hydrogen) atoms. The molecule has 0 aliphatic heterocycles. The summed E-state index contributed by atoms with van der Waals surface area (Å²) < 4.78 is 4.96. The van der Waals surface area contributed by atoms with Gasteiger partial charge >= 0.3 is 5.97 Å². The first kappa shape index (κ1) is 17.2. The molecule has 0 N–H and O–H groups in total. The second-order valence-electron chi connectivity index (χ2n) is 5.23. The molecule has 0 aromatic rings. The molecule has 0 fully saturated rings. The number of unbranched alkanes of at least 4 members (excludes halogenated alkanes) is 8. The highest BCUT2D eigenvalue weighted by atomic mass is 16.5. The van der Waals surface area contributed by atoms with E-state index in [0.29, 0.717) is 0 Å². The molecular formula is C16H30O2. The molecule has 0 aromatic heterocycles. The third kappa shape index (κ3) is 11.7. The first-order valence-electron chi connectivity index (χ1n) is 7.54. The van der Waals surface area contributed by atoms with Crippen molar-refractivity contribution in [3.05, 3.63) is 12.3 Å². The molecule has 0 aromatic carbocycles. The Morgan fingerprint density at radius 2 is 1.56 bits per heavy atom. The van der Waals surface area contributed by atoms with Gasteiger partial charge in [-0.1, -0.05) is 65.7 Å². The van der Waals surface area contributed by atoms with E-state index in [1.165, 1.54) is 51.4 Å². The average Bonchev–Trinajstić information content (AvgIpc) is 2.35. The lowest BCUT2D eigenvalue weighted by Gasteiger charge is -2.01. The fourth-order valence-corrected chi connectivity index (χ4v) is 1.72. The highest BCUT2D eigenvalue weighted by Gasteiger charge is 2.05. The molecule has 0 radical (unpaired) electrons. The summed E-state index contributed by atoms with van der Waals surface area (Å²) >= 11 is 0. The Kier molecular flexibility index (Phi) is 12.1. The summed E-state index contributed by atoms with van der Waals surface area (Å²) in [5.41, 5.74) is 0. The topological polar surface area (TPSA) is 26.3 Å². The van der Waals surface area contributed by atoms with Crippen molar-refractivity contribution in [2.45, 2.75) is 78.6 Å². The fraction of sp³-hybridized carbons (Fsp3) is 0.812. The molecular weight excluding hydrogens is 224 g/mol. The molecule has 0 amide bonds. The maximum Gasteiger partial charge on any atom is 0.313 e. The number of esters is 1. The number of ether oxygens (including phenoxy) is 1. The van der Waals surface area contributed by atoms with E-state index in [9.17, 15) is 4.79 Å². The van der Waals surface area contributed by atoms with Crippen molar-refractivity contribution < 1.29 is 9.53 Å². The van der Waals surface area contributed by atoms with Crippen LogP contribution in [0.5, 0.6) is 0 Å². The van der Waals surface area contributed by atoms with Gasteiger partial charge in [-0.25, -0.2) is 0 Å². The Labute approximate surface area is 113 Å². The predicted molar refractivity (Wildman–Crippen MR) is 77.3 cm³/mol. The summed E-state index contributed by atoms with van der Waals surface area (Å²) in [4.78, 5) is 11.1. The zero-order chi connectivity index (χ0) is 13.6. The molecule has 2 nitrogen and oxygen atoms in total. The second kappa shape index (κ2) is 12.7. The fourth-order valence-electron chi connectivity index (χ4n) is 1.72. The van der Waals surface area contributed by atoms with Crippen molar-refractivity contribution in [1.82, 2.24) is 0 Å². The smallest absolute Gasteiger partial charge is 0.313 e. The van der Waals surface area contributed by atoms with Crippen LogP contribution in [0.15, 0.2) is 12.3 Å². The normalized spacial score (nSPS) is 11.3.